The molecule has 0 aromatic carbocycles. The third-order valence-electron chi connectivity index (χ3n) is 5.83. The Kier molecular flexibility index (Phi) is 5.53. The summed E-state index contributed by atoms with van der Waals surface area (Å²) in [5.41, 5.74) is 1.47. The molecule has 150 valence electrons. The van der Waals surface area contributed by atoms with Gasteiger partial charge in [-0.1, -0.05) is 12.2 Å². The first kappa shape index (κ1) is 19.2. The van der Waals surface area contributed by atoms with E-state index in [1.165, 1.54) is 11.3 Å². The summed E-state index contributed by atoms with van der Waals surface area (Å²) >= 11 is 1.43. The molecule has 0 spiro atoms. The van der Waals surface area contributed by atoms with Gasteiger partial charge in [0.05, 0.1) is 18.1 Å². The van der Waals surface area contributed by atoms with E-state index in [9.17, 15) is 14.4 Å². The third kappa shape index (κ3) is 3.72. The summed E-state index contributed by atoms with van der Waals surface area (Å²) in [5, 5.41) is 3.28. The number of ether oxygens (including phenoxy) is 2. The fourth-order valence-electron chi connectivity index (χ4n) is 4.53. The minimum Gasteiger partial charge on any atom is -0.462 e. The first-order valence-corrected chi connectivity index (χ1v) is 10.8. The summed E-state index contributed by atoms with van der Waals surface area (Å²) in [6.45, 7) is 1.72. The van der Waals surface area contributed by atoms with Crippen molar-refractivity contribution in [3.05, 3.63) is 28.2 Å². The van der Waals surface area contributed by atoms with Crippen LogP contribution in [0.15, 0.2) is 12.2 Å². The lowest BCUT2D eigenvalue weighted by Gasteiger charge is -2.16. The molecule has 4 rings (SSSR count). The Morgan fingerprint density at radius 1 is 1.14 bits per heavy atom. The zero-order valence-electron chi connectivity index (χ0n) is 16.0. The van der Waals surface area contributed by atoms with Crippen molar-refractivity contribution in [2.45, 2.75) is 45.4 Å². The van der Waals surface area contributed by atoms with Crippen LogP contribution in [0.4, 0.5) is 5.00 Å². The van der Waals surface area contributed by atoms with Crippen LogP contribution >= 0.6 is 11.3 Å². The van der Waals surface area contributed by atoms with Crippen molar-refractivity contribution < 1.29 is 23.9 Å². The lowest BCUT2D eigenvalue weighted by Crippen LogP contribution is -2.27. The second-order valence-corrected chi connectivity index (χ2v) is 8.78. The predicted octanol–water partition coefficient (Wildman–Crippen LogP) is 3.50. The molecule has 3 aliphatic rings. The average molecular weight is 404 g/mol. The summed E-state index contributed by atoms with van der Waals surface area (Å²) in [5.74, 6) is -0.532. The maximum Gasteiger partial charge on any atom is 0.341 e. The van der Waals surface area contributed by atoms with Gasteiger partial charge in [-0.25, -0.2) is 4.79 Å². The maximum absolute atomic E-state index is 12.4. The molecule has 28 heavy (non-hydrogen) atoms. The quantitative estimate of drug-likeness (QED) is 0.581. The van der Waals surface area contributed by atoms with Gasteiger partial charge in [0.2, 0.25) is 0 Å². The van der Waals surface area contributed by atoms with Crippen LogP contribution in [0, 0.1) is 17.8 Å². The molecule has 1 aromatic rings. The smallest absolute Gasteiger partial charge is 0.341 e. The monoisotopic (exact) mass is 403 g/mol. The van der Waals surface area contributed by atoms with Gasteiger partial charge in [0, 0.05) is 4.88 Å². The summed E-state index contributed by atoms with van der Waals surface area (Å²) in [7, 11) is 0. The summed E-state index contributed by atoms with van der Waals surface area (Å²) in [6.07, 6.45) is 9.91. The number of nitrogens with one attached hydrogen (secondary N) is 1. The first-order valence-electron chi connectivity index (χ1n) is 10.0. The van der Waals surface area contributed by atoms with E-state index >= 15 is 0 Å². The summed E-state index contributed by atoms with van der Waals surface area (Å²) in [6, 6.07) is 0. The van der Waals surface area contributed by atoms with E-state index in [1.54, 1.807) is 6.92 Å². The fourth-order valence-corrected chi connectivity index (χ4v) is 5.82. The van der Waals surface area contributed by atoms with Gasteiger partial charge in [-0.2, -0.15) is 0 Å². The number of allylic oxidation sites excluding steroid dienone is 2. The Morgan fingerprint density at radius 2 is 1.96 bits per heavy atom. The molecule has 2 bridgehead atoms. The van der Waals surface area contributed by atoms with Crippen LogP contribution < -0.4 is 5.32 Å². The topological polar surface area (TPSA) is 81.7 Å². The minimum absolute atomic E-state index is 0.132. The number of anilines is 1. The van der Waals surface area contributed by atoms with E-state index in [0.29, 0.717) is 16.5 Å². The number of aryl methyl sites for hydroxylation is 1. The molecular formula is C21H25NO5S. The zero-order chi connectivity index (χ0) is 19.7. The molecule has 1 heterocycles. The standard InChI is InChI=1S/C21H25NO5S/c1-2-26-21(25)18-14-5-3-4-6-16(14)28-19(18)22-17(23)11-27-20(24)15-10-12-7-8-13(15)9-12/h7-8,12-13,15H,2-6,9-11H2,1H3,(H,22,23). The van der Waals surface area contributed by atoms with Crippen molar-refractivity contribution in [2.24, 2.45) is 17.8 Å². The summed E-state index contributed by atoms with van der Waals surface area (Å²) < 4.78 is 10.5. The van der Waals surface area contributed by atoms with Gasteiger partial charge in [0.1, 0.15) is 5.00 Å². The van der Waals surface area contributed by atoms with Gasteiger partial charge in [0.25, 0.3) is 5.91 Å². The highest BCUT2D eigenvalue weighted by molar-refractivity contribution is 7.17. The zero-order valence-corrected chi connectivity index (χ0v) is 16.8. The van der Waals surface area contributed by atoms with Gasteiger partial charge in [-0.3, -0.25) is 9.59 Å². The van der Waals surface area contributed by atoms with Crippen molar-refractivity contribution >= 4 is 34.2 Å². The average Bonchev–Trinajstić information content (AvgIpc) is 3.39. The van der Waals surface area contributed by atoms with Crippen LogP contribution in [0.1, 0.15) is 53.4 Å². The molecule has 6 nitrogen and oxygen atoms in total. The van der Waals surface area contributed by atoms with Gasteiger partial charge in [-0.15, -0.1) is 11.3 Å². The lowest BCUT2D eigenvalue weighted by molar-refractivity contribution is -0.152. The van der Waals surface area contributed by atoms with E-state index in [1.807, 2.05) is 0 Å². The van der Waals surface area contributed by atoms with Crippen LogP contribution in [0.25, 0.3) is 0 Å². The highest BCUT2D eigenvalue weighted by Gasteiger charge is 2.41. The molecule has 3 atom stereocenters. The highest BCUT2D eigenvalue weighted by Crippen LogP contribution is 2.44. The Balaban J connectivity index is 1.40. The molecule has 0 aliphatic heterocycles. The van der Waals surface area contributed by atoms with Crippen molar-refractivity contribution in [1.29, 1.82) is 0 Å². The molecule has 1 aromatic heterocycles. The SMILES string of the molecule is CCOC(=O)c1c(NC(=O)COC(=O)C2CC3C=CC2C3)sc2c1CCCC2. The fraction of sp³-hybridized carbons (Fsp3) is 0.571. The van der Waals surface area contributed by atoms with E-state index in [-0.39, 0.29) is 31.0 Å². The van der Waals surface area contributed by atoms with Gasteiger partial charge >= 0.3 is 11.9 Å². The number of rotatable bonds is 6. The van der Waals surface area contributed by atoms with Crippen molar-refractivity contribution in [3.63, 3.8) is 0 Å². The minimum atomic E-state index is -0.420. The Morgan fingerprint density at radius 3 is 2.68 bits per heavy atom. The normalized spacial score (nSPS) is 24.7. The van der Waals surface area contributed by atoms with E-state index in [0.717, 1.165) is 49.0 Å². The molecule has 7 heteroatoms. The molecule has 3 unspecified atom stereocenters. The van der Waals surface area contributed by atoms with E-state index < -0.39 is 11.9 Å². The van der Waals surface area contributed by atoms with Crippen molar-refractivity contribution in [2.75, 3.05) is 18.5 Å². The second-order valence-electron chi connectivity index (χ2n) is 7.68. The molecule has 0 radical (unpaired) electrons. The highest BCUT2D eigenvalue weighted by atomic mass is 32.1. The van der Waals surface area contributed by atoms with E-state index in [2.05, 4.69) is 17.5 Å². The predicted molar refractivity (Wildman–Crippen MR) is 105 cm³/mol. The molecule has 1 N–H and O–H groups in total. The lowest BCUT2D eigenvalue weighted by atomic mass is 9.94. The van der Waals surface area contributed by atoms with Gasteiger partial charge < -0.3 is 14.8 Å². The first-order chi connectivity index (χ1) is 13.6. The number of hydrogen-bond acceptors (Lipinski definition) is 6. The third-order valence-corrected chi connectivity index (χ3v) is 7.04. The molecular weight excluding hydrogens is 378 g/mol. The number of esters is 2. The number of hydrogen-bond donors (Lipinski definition) is 1. The van der Waals surface area contributed by atoms with E-state index in [4.69, 9.17) is 9.47 Å². The van der Waals surface area contributed by atoms with Crippen LogP contribution in [0.3, 0.4) is 0 Å². The van der Waals surface area contributed by atoms with Crippen molar-refractivity contribution in [3.8, 4) is 0 Å². The second kappa shape index (κ2) is 8.07. The van der Waals surface area contributed by atoms with Gasteiger partial charge in [0.15, 0.2) is 6.61 Å². The molecule has 1 saturated carbocycles. The molecule has 1 fully saturated rings. The maximum atomic E-state index is 12.4. The van der Waals surface area contributed by atoms with Gasteiger partial charge in [-0.05, 0) is 62.8 Å². The van der Waals surface area contributed by atoms with Crippen molar-refractivity contribution in [1.82, 2.24) is 0 Å². The van der Waals surface area contributed by atoms with Crippen LogP contribution in [-0.4, -0.2) is 31.1 Å². The number of thiophene rings is 1. The largest absolute Gasteiger partial charge is 0.462 e. The Labute approximate surface area is 168 Å². The number of carbonyl (C=O) groups excluding carboxylic acids is 3. The molecule has 0 saturated heterocycles. The molecule has 3 aliphatic carbocycles. The Hall–Kier alpha value is -2.15. The number of carbonyl (C=O) groups is 3. The van der Waals surface area contributed by atoms with Crippen LogP contribution in [0.2, 0.25) is 0 Å². The van der Waals surface area contributed by atoms with Crippen LogP contribution in [0.5, 0.6) is 0 Å². The summed E-state index contributed by atoms with van der Waals surface area (Å²) in [4.78, 5) is 38.3. The Bertz CT molecular complexity index is 827. The van der Waals surface area contributed by atoms with Crippen LogP contribution in [-0.2, 0) is 31.9 Å². The molecule has 1 amide bonds. The number of amides is 1. The number of fused-ring (bicyclic) bond motifs is 3.